The first kappa shape index (κ1) is 13.2. The smallest absolute Gasteiger partial charge is 0.160 e. The Hall–Kier alpha value is -1.23. The summed E-state index contributed by atoms with van der Waals surface area (Å²) in [5, 5.41) is 7.49. The minimum Gasteiger partial charge on any atom is -0.305 e. The monoisotopic (exact) mass is 250 g/mol. The highest BCUT2D eigenvalue weighted by atomic mass is 16.1. The van der Waals surface area contributed by atoms with Crippen molar-refractivity contribution in [2.75, 3.05) is 6.54 Å². The highest BCUT2D eigenvalue weighted by Gasteiger charge is 2.36. The van der Waals surface area contributed by atoms with E-state index in [2.05, 4.69) is 29.2 Å². The molecule has 0 radical (unpaired) electrons. The van der Waals surface area contributed by atoms with Gasteiger partial charge in [0.15, 0.2) is 5.78 Å². The number of hydrogen-bond acceptors (Lipinski definition) is 4. The maximum Gasteiger partial charge on any atom is 0.160 e. The third kappa shape index (κ3) is 2.77. The molecule has 1 saturated heterocycles. The maximum absolute atomic E-state index is 12.3. The van der Waals surface area contributed by atoms with E-state index in [-0.39, 0.29) is 11.3 Å². The zero-order valence-corrected chi connectivity index (χ0v) is 11.4. The molecule has 0 saturated carbocycles. The molecule has 5 heteroatoms. The second-order valence-electron chi connectivity index (χ2n) is 5.71. The summed E-state index contributed by atoms with van der Waals surface area (Å²) in [7, 11) is 0. The Morgan fingerprint density at radius 1 is 1.61 bits per heavy atom. The molecule has 0 aliphatic carbocycles. The van der Waals surface area contributed by atoms with Crippen molar-refractivity contribution in [2.24, 2.45) is 5.92 Å². The van der Waals surface area contributed by atoms with Gasteiger partial charge in [-0.15, -0.1) is 0 Å². The van der Waals surface area contributed by atoms with E-state index in [9.17, 15) is 4.79 Å². The van der Waals surface area contributed by atoms with Gasteiger partial charge in [0.05, 0.1) is 12.0 Å². The lowest BCUT2D eigenvalue weighted by atomic mass is 9.92. The predicted molar refractivity (Wildman–Crippen MR) is 69.2 cm³/mol. The minimum absolute atomic E-state index is 0.220. The van der Waals surface area contributed by atoms with Crippen molar-refractivity contribution in [1.82, 2.24) is 20.1 Å². The molecule has 100 valence electrons. The van der Waals surface area contributed by atoms with E-state index < -0.39 is 0 Å². The van der Waals surface area contributed by atoms with E-state index in [0.717, 1.165) is 31.8 Å². The Bertz CT molecular complexity index is 418. The largest absolute Gasteiger partial charge is 0.305 e. The van der Waals surface area contributed by atoms with Gasteiger partial charge in [-0.2, -0.15) is 5.10 Å². The number of carbonyl (C=O) groups is 1. The van der Waals surface area contributed by atoms with Crippen LogP contribution in [0.4, 0.5) is 0 Å². The average Bonchev–Trinajstić information content (AvgIpc) is 2.89. The molecule has 0 aromatic carbocycles. The molecule has 1 aromatic heterocycles. The summed E-state index contributed by atoms with van der Waals surface area (Å²) in [6.45, 7) is 8.00. The molecule has 18 heavy (non-hydrogen) atoms. The normalized spacial score (nSPS) is 23.8. The van der Waals surface area contributed by atoms with Crippen LogP contribution in [-0.2, 0) is 17.8 Å². The molecule has 0 amide bonds. The summed E-state index contributed by atoms with van der Waals surface area (Å²) in [6.07, 6.45) is 3.90. The van der Waals surface area contributed by atoms with Gasteiger partial charge in [-0.3, -0.25) is 4.79 Å². The molecule has 2 rings (SSSR count). The highest BCUT2D eigenvalue weighted by Crippen LogP contribution is 2.21. The van der Waals surface area contributed by atoms with Crippen LogP contribution in [0, 0.1) is 5.92 Å². The summed E-state index contributed by atoms with van der Waals surface area (Å²) in [4.78, 5) is 16.5. The van der Waals surface area contributed by atoms with Crippen molar-refractivity contribution >= 4 is 5.78 Å². The second-order valence-corrected chi connectivity index (χ2v) is 5.71. The molecule has 1 atom stereocenters. The van der Waals surface area contributed by atoms with Crippen molar-refractivity contribution in [3.05, 3.63) is 12.2 Å². The van der Waals surface area contributed by atoms with Crippen molar-refractivity contribution in [2.45, 2.75) is 52.1 Å². The van der Waals surface area contributed by atoms with Crippen LogP contribution < -0.4 is 5.32 Å². The van der Waals surface area contributed by atoms with Gasteiger partial charge in [-0.1, -0.05) is 13.8 Å². The van der Waals surface area contributed by atoms with Crippen LogP contribution in [0.25, 0.3) is 0 Å². The molecule has 1 unspecified atom stereocenters. The van der Waals surface area contributed by atoms with E-state index in [1.54, 1.807) is 0 Å². The van der Waals surface area contributed by atoms with Crippen LogP contribution in [0.1, 0.15) is 39.4 Å². The van der Waals surface area contributed by atoms with Gasteiger partial charge in [-0.05, 0) is 32.2 Å². The molecule has 2 heterocycles. The number of nitrogens with zero attached hydrogens (tertiary/aromatic N) is 3. The third-order valence-corrected chi connectivity index (χ3v) is 3.54. The number of nitrogens with one attached hydrogen (secondary N) is 1. The number of hydrogen-bond donors (Lipinski definition) is 1. The lowest BCUT2D eigenvalue weighted by Gasteiger charge is -2.22. The van der Waals surface area contributed by atoms with Gasteiger partial charge < -0.3 is 5.32 Å². The Morgan fingerprint density at radius 3 is 3.00 bits per heavy atom. The lowest BCUT2D eigenvalue weighted by Crippen LogP contribution is -2.45. The molecular weight excluding hydrogens is 228 g/mol. The number of aromatic nitrogens is 3. The topological polar surface area (TPSA) is 59.8 Å². The molecular formula is C13H22N4O. The first-order valence-corrected chi connectivity index (χ1v) is 6.66. The van der Waals surface area contributed by atoms with Crippen LogP contribution in [0.5, 0.6) is 0 Å². The molecule has 1 N–H and O–H groups in total. The van der Waals surface area contributed by atoms with Crippen molar-refractivity contribution < 1.29 is 4.79 Å². The Balaban J connectivity index is 2.05. The third-order valence-electron chi connectivity index (χ3n) is 3.54. The van der Waals surface area contributed by atoms with Crippen LogP contribution in [0.2, 0.25) is 0 Å². The molecule has 1 fully saturated rings. The van der Waals surface area contributed by atoms with Crippen LogP contribution in [0.3, 0.4) is 0 Å². The fraction of sp³-hybridized carbons (Fsp3) is 0.769. The van der Waals surface area contributed by atoms with E-state index in [1.807, 2.05) is 11.6 Å². The van der Waals surface area contributed by atoms with Crippen molar-refractivity contribution in [1.29, 1.82) is 0 Å². The zero-order valence-electron chi connectivity index (χ0n) is 11.4. The van der Waals surface area contributed by atoms with Crippen molar-refractivity contribution in [3.63, 3.8) is 0 Å². The summed E-state index contributed by atoms with van der Waals surface area (Å²) in [5.74, 6) is 1.50. The molecule has 0 spiro atoms. The summed E-state index contributed by atoms with van der Waals surface area (Å²) in [5.41, 5.74) is -0.366. The fourth-order valence-corrected chi connectivity index (χ4v) is 2.39. The van der Waals surface area contributed by atoms with Gasteiger partial charge in [-0.25, -0.2) is 9.67 Å². The molecule has 1 aliphatic heterocycles. The number of ketones is 1. The van der Waals surface area contributed by atoms with Crippen LogP contribution >= 0.6 is 0 Å². The van der Waals surface area contributed by atoms with Gasteiger partial charge in [0.25, 0.3) is 0 Å². The average molecular weight is 250 g/mol. The Morgan fingerprint density at radius 2 is 2.39 bits per heavy atom. The van der Waals surface area contributed by atoms with Crippen LogP contribution in [0.15, 0.2) is 6.33 Å². The molecule has 0 bridgehead atoms. The van der Waals surface area contributed by atoms with Gasteiger partial charge in [0, 0.05) is 6.54 Å². The summed E-state index contributed by atoms with van der Waals surface area (Å²) in [6, 6.07) is 0. The first-order valence-electron chi connectivity index (χ1n) is 6.66. The van der Waals surface area contributed by atoms with E-state index in [0.29, 0.717) is 12.3 Å². The highest BCUT2D eigenvalue weighted by molar-refractivity contribution is 5.89. The van der Waals surface area contributed by atoms with Gasteiger partial charge >= 0.3 is 0 Å². The molecule has 5 nitrogen and oxygen atoms in total. The summed E-state index contributed by atoms with van der Waals surface area (Å²) >= 11 is 0. The number of Topliss-reactive ketones (excluding diaryl/α,β-unsaturated/α-hetero) is 1. The van der Waals surface area contributed by atoms with Gasteiger partial charge in [0.1, 0.15) is 12.2 Å². The first-order chi connectivity index (χ1) is 8.51. The standard InChI is InChI=1S/C13H22N4O/c1-10(2)8-17-12(14-9-16-17)7-11(18)13(3)5-4-6-15-13/h9-10,15H,4-8H2,1-3H3. The molecule has 1 aliphatic rings. The fourth-order valence-electron chi connectivity index (χ4n) is 2.39. The van der Waals surface area contributed by atoms with E-state index in [4.69, 9.17) is 0 Å². The zero-order chi connectivity index (χ0) is 13.2. The summed E-state index contributed by atoms with van der Waals surface area (Å²) < 4.78 is 1.85. The van der Waals surface area contributed by atoms with E-state index in [1.165, 1.54) is 6.33 Å². The Kier molecular flexibility index (Phi) is 3.80. The quantitative estimate of drug-likeness (QED) is 0.852. The lowest BCUT2D eigenvalue weighted by molar-refractivity contribution is -0.123. The maximum atomic E-state index is 12.3. The number of rotatable bonds is 5. The SMILES string of the molecule is CC(C)Cn1ncnc1CC(=O)C1(C)CCCN1. The Labute approximate surface area is 108 Å². The predicted octanol–water partition coefficient (Wildman–Crippen LogP) is 1.19. The second kappa shape index (κ2) is 5.18. The minimum atomic E-state index is -0.366. The van der Waals surface area contributed by atoms with E-state index >= 15 is 0 Å². The molecule has 1 aromatic rings. The van der Waals surface area contributed by atoms with Gasteiger partial charge in [0.2, 0.25) is 0 Å². The number of carbonyl (C=O) groups excluding carboxylic acids is 1. The van der Waals surface area contributed by atoms with Crippen LogP contribution in [-0.4, -0.2) is 32.6 Å². The van der Waals surface area contributed by atoms with Crippen molar-refractivity contribution in [3.8, 4) is 0 Å².